The Hall–Kier alpha value is -0.130. The summed E-state index contributed by atoms with van der Waals surface area (Å²) in [6.45, 7) is 0. The van der Waals surface area contributed by atoms with Crippen molar-refractivity contribution in [3.63, 3.8) is 0 Å². The summed E-state index contributed by atoms with van der Waals surface area (Å²) in [5, 5.41) is 3.21. The van der Waals surface area contributed by atoms with Crippen LogP contribution >= 0.6 is 0 Å². The maximum atomic E-state index is 10.9. The van der Waals surface area contributed by atoms with Gasteiger partial charge in [0, 0.05) is 12.1 Å². The molecule has 0 spiro atoms. The van der Waals surface area contributed by atoms with Gasteiger partial charge >= 0.3 is 0 Å². The summed E-state index contributed by atoms with van der Waals surface area (Å²) in [4.78, 5) is 0. The lowest BCUT2D eigenvalue weighted by Gasteiger charge is -2.28. The van der Waals surface area contributed by atoms with Gasteiger partial charge in [0.05, 0.1) is 6.26 Å². The van der Waals surface area contributed by atoms with Gasteiger partial charge in [-0.2, -0.15) is 0 Å². The van der Waals surface area contributed by atoms with E-state index in [1.54, 1.807) is 0 Å². The summed E-state index contributed by atoms with van der Waals surface area (Å²) >= 11 is 0. The van der Waals surface area contributed by atoms with Crippen LogP contribution in [0.4, 0.5) is 0 Å². The van der Waals surface area contributed by atoms with E-state index in [2.05, 4.69) is 10.0 Å². The van der Waals surface area contributed by atoms with Crippen LogP contribution in [-0.2, 0) is 10.0 Å². The second-order valence-electron chi connectivity index (χ2n) is 3.73. The van der Waals surface area contributed by atoms with Gasteiger partial charge in [0.25, 0.3) is 0 Å². The summed E-state index contributed by atoms with van der Waals surface area (Å²) in [7, 11) is -1.07. The molecule has 0 aromatic rings. The molecule has 0 atom stereocenters. The third kappa shape index (κ3) is 4.06. The normalized spacial score (nSPS) is 30.3. The van der Waals surface area contributed by atoms with Crippen molar-refractivity contribution in [1.29, 1.82) is 0 Å². The molecule has 0 bridgehead atoms. The first-order valence-electron chi connectivity index (χ1n) is 4.66. The molecule has 78 valence electrons. The molecule has 0 aliphatic heterocycles. The molecule has 0 aromatic heterocycles. The zero-order valence-electron chi connectivity index (χ0n) is 8.21. The van der Waals surface area contributed by atoms with E-state index in [0.29, 0.717) is 6.04 Å². The van der Waals surface area contributed by atoms with Crippen molar-refractivity contribution >= 4 is 10.0 Å². The quantitative estimate of drug-likeness (QED) is 0.687. The molecule has 1 rings (SSSR count). The van der Waals surface area contributed by atoms with Gasteiger partial charge in [-0.1, -0.05) is 0 Å². The minimum atomic E-state index is -3.02. The molecular weight excluding hydrogens is 188 g/mol. The Morgan fingerprint density at radius 1 is 1.08 bits per heavy atom. The molecule has 0 heterocycles. The highest BCUT2D eigenvalue weighted by molar-refractivity contribution is 7.88. The molecule has 1 saturated carbocycles. The van der Waals surface area contributed by atoms with E-state index in [0.717, 1.165) is 25.7 Å². The van der Waals surface area contributed by atoms with Crippen LogP contribution in [0.1, 0.15) is 25.7 Å². The van der Waals surface area contributed by atoms with E-state index < -0.39 is 10.0 Å². The van der Waals surface area contributed by atoms with E-state index in [1.807, 2.05) is 7.05 Å². The monoisotopic (exact) mass is 206 g/mol. The first-order chi connectivity index (χ1) is 6.01. The number of sulfonamides is 1. The largest absolute Gasteiger partial charge is 0.317 e. The Kier molecular flexibility index (Phi) is 3.70. The molecule has 1 fully saturated rings. The fourth-order valence-electron chi connectivity index (χ4n) is 1.80. The number of hydrogen-bond acceptors (Lipinski definition) is 3. The summed E-state index contributed by atoms with van der Waals surface area (Å²) < 4.78 is 24.5. The van der Waals surface area contributed by atoms with Gasteiger partial charge < -0.3 is 5.32 Å². The van der Waals surface area contributed by atoms with Crippen LogP contribution in [0.25, 0.3) is 0 Å². The van der Waals surface area contributed by atoms with Gasteiger partial charge in [-0.25, -0.2) is 13.1 Å². The molecule has 2 N–H and O–H groups in total. The van der Waals surface area contributed by atoms with Crippen LogP contribution in [-0.4, -0.2) is 33.8 Å². The molecule has 1 aliphatic rings. The molecule has 13 heavy (non-hydrogen) atoms. The highest BCUT2D eigenvalue weighted by Gasteiger charge is 2.21. The van der Waals surface area contributed by atoms with Crippen molar-refractivity contribution in [3.05, 3.63) is 0 Å². The molecule has 0 amide bonds. The number of hydrogen-bond donors (Lipinski definition) is 2. The average Bonchev–Trinajstić information content (AvgIpc) is 2.03. The Labute approximate surface area is 80.1 Å². The average molecular weight is 206 g/mol. The highest BCUT2D eigenvalue weighted by atomic mass is 32.2. The van der Waals surface area contributed by atoms with E-state index >= 15 is 0 Å². The van der Waals surface area contributed by atoms with Gasteiger partial charge in [-0.05, 0) is 32.7 Å². The van der Waals surface area contributed by atoms with E-state index in [-0.39, 0.29) is 6.04 Å². The van der Waals surface area contributed by atoms with Crippen molar-refractivity contribution in [2.24, 2.45) is 0 Å². The van der Waals surface area contributed by atoms with Crippen molar-refractivity contribution < 1.29 is 8.42 Å². The number of rotatable bonds is 3. The fraction of sp³-hybridized carbons (Fsp3) is 1.00. The summed E-state index contributed by atoms with van der Waals surface area (Å²) in [6.07, 6.45) is 5.22. The molecule has 0 saturated heterocycles. The molecule has 0 unspecified atom stereocenters. The topological polar surface area (TPSA) is 58.2 Å². The van der Waals surface area contributed by atoms with Gasteiger partial charge in [-0.3, -0.25) is 0 Å². The Balaban J connectivity index is 2.33. The Morgan fingerprint density at radius 3 is 1.92 bits per heavy atom. The van der Waals surface area contributed by atoms with Crippen molar-refractivity contribution in [2.45, 2.75) is 37.8 Å². The molecule has 1 aliphatic carbocycles. The van der Waals surface area contributed by atoms with Crippen LogP contribution in [0.5, 0.6) is 0 Å². The minimum absolute atomic E-state index is 0.152. The van der Waals surface area contributed by atoms with Crippen LogP contribution in [0.15, 0.2) is 0 Å². The van der Waals surface area contributed by atoms with E-state index in [4.69, 9.17) is 0 Å². The molecule has 0 radical (unpaired) electrons. The minimum Gasteiger partial charge on any atom is -0.317 e. The van der Waals surface area contributed by atoms with Crippen LogP contribution < -0.4 is 10.0 Å². The van der Waals surface area contributed by atoms with Crippen molar-refractivity contribution in [2.75, 3.05) is 13.3 Å². The first kappa shape index (κ1) is 10.9. The summed E-state index contributed by atoms with van der Waals surface area (Å²) in [6, 6.07) is 0.720. The standard InChI is InChI=1S/C8H18N2O2S/c1-9-7-3-5-8(6-4-7)10-13(2,11)12/h7-10H,3-6H2,1-2H3/t7-,8-. The van der Waals surface area contributed by atoms with Gasteiger partial charge in [0.1, 0.15) is 0 Å². The second-order valence-corrected chi connectivity index (χ2v) is 5.51. The predicted octanol–water partition coefficient (Wildman–Crippen LogP) is 0.0662. The van der Waals surface area contributed by atoms with Crippen LogP contribution in [0.2, 0.25) is 0 Å². The SMILES string of the molecule is CN[C@H]1CC[C@H](NS(C)(=O)=O)CC1. The molecular formula is C8H18N2O2S. The highest BCUT2D eigenvalue weighted by Crippen LogP contribution is 2.18. The molecule has 4 nitrogen and oxygen atoms in total. The molecule has 5 heteroatoms. The maximum Gasteiger partial charge on any atom is 0.208 e. The van der Waals surface area contributed by atoms with Gasteiger partial charge in [-0.15, -0.1) is 0 Å². The van der Waals surface area contributed by atoms with Gasteiger partial charge in [0.15, 0.2) is 0 Å². The van der Waals surface area contributed by atoms with Crippen molar-refractivity contribution in [3.8, 4) is 0 Å². The van der Waals surface area contributed by atoms with E-state index in [1.165, 1.54) is 6.26 Å². The third-order valence-electron chi connectivity index (χ3n) is 2.52. The first-order valence-corrected chi connectivity index (χ1v) is 6.55. The zero-order chi connectivity index (χ0) is 9.90. The Morgan fingerprint density at radius 2 is 1.54 bits per heavy atom. The number of nitrogens with one attached hydrogen (secondary N) is 2. The zero-order valence-corrected chi connectivity index (χ0v) is 9.02. The smallest absolute Gasteiger partial charge is 0.208 e. The summed E-state index contributed by atoms with van der Waals surface area (Å²) in [5.41, 5.74) is 0. The Bertz CT molecular complexity index is 243. The summed E-state index contributed by atoms with van der Waals surface area (Å²) in [5.74, 6) is 0. The predicted molar refractivity (Wildman–Crippen MR) is 53.1 cm³/mol. The van der Waals surface area contributed by atoms with Crippen molar-refractivity contribution in [1.82, 2.24) is 10.0 Å². The molecule has 0 aromatic carbocycles. The lowest BCUT2D eigenvalue weighted by atomic mass is 9.92. The lowest BCUT2D eigenvalue weighted by molar-refractivity contribution is 0.343. The maximum absolute atomic E-state index is 10.9. The third-order valence-corrected chi connectivity index (χ3v) is 3.28. The lowest BCUT2D eigenvalue weighted by Crippen LogP contribution is -2.40. The fourth-order valence-corrected chi connectivity index (χ4v) is 2.64. The second kappa shape index (κ2) is 4.39. The van der Waals surface area contributed by atoms with E-state index in [9.17, 15) is 8.42 Å². The van der Waals surface area contributed by atoms with Gasteiger partial charge in [0.2, 0.25) is 10.0 Å². The van der Waals surface area contributed by atoms with Crippen LogP contribution in [0.3, 0.4) is 0 Å². The van der Waals surface area contributed by atoms with Crippen LogP contribution in [0, 0.1) is 0 Å².